The Labute approximate surface area is 76.9 Å². The Bertz CT molecular complexity index is 343. The Kier molecular flexibility index (Phi) is 2.94. The van der Waals surface area contributed by atoms with Crippen LogP contribution in [-0.4, -0.2) is 31.0 Å². The molecular formula is C8H10O4S. The Balaban J connectivity index is 2.53. The van der Waals surface area contributed by atoms with Gasteiger partial charge in [0.05, 0.1) is 11.5 Å². The molecule has 0 atom stereocenters. The van der Waals surface area contributed by atoms with Crippen molar-refractivity contribution in [3.8, 4) is 11.8 Å². The van der Waals surface area contributed by atoms with Crippen LogP contribution in [0.2, 0.25) is 0 Å². The van der Waals surface area contributed by atoms with Gasteiger partial charge < -0.3 is 5.11 Å². The van der Waals surface area contributed by atoms with Crippen LogP contribution < -0.4 is 0 Å². The second-order valence-corrected chi connectivity index (χ2v) is 5.30. The molecule has 0 radical (unpaired) electrons. The summed E-state index contributed by atoms with van der Waals surface area (Å²) in [6, 6.07) is 0. The minimum Gasteiger partial charge on any atom is -0.472 e. The SMILES string of the molecule is O=C(O)C#CC1CCS(=O)(=O)CC1. The first-order chi connectivity index (χ1) is 5.99. The number of aliphatic carboxylic acids is 1. The van der Waals surface area contributed by atoms with Crippen molar-refractivity contribution < 1.29 is 18.3 Å². The van der Waals surface area contributed by atoms with Crippen LogP contribution in [0.1, 0.15) is 12.8 Å². The minimum absolute atomic E-state index is 0.0698. The zero-order valence-electron chi connectivity index (χ0n) is 6.99. The fourth-order valence-corrected chi connectivity index (χ4v) is 2.69. The third kappa shape index (κ3) is 3.47. The lowest BCUT2D eigenvalue weighted by atomic mass is 10.0. The molecule has 0 spiro atoms. The lowest BCUT2D eigenvalue weighted by Crippen LogP contribution is -2.22. The molecule has 0 saturated carbocycles. The summed E-state index contributed by atoms with van der Waals surface area (Å²) >= 11 is 0. The molecule has 0 aliphatic carbocycles. The molecule has 1 aliphatic heterocycles. The van der Waals surface area contributed by atoms with Gasteiger partial charge in [0, 0.05) is 11.8 Å². The van der Waals surface area contributed by atoms with Gasteiger partial charge in [0.2, 0.25) is 0 Å². The molecule has 0 amide bonds. The number of hydrogen-bond acceptors (Lipinski definition) is 3. The van der Waals surface area contributed by atoms with E-state index in [1.165, 1.54) is 0 Å². The van der Waals surface area contributed by atoms with Gasteiger partial charge in [0.15, 0.2) is 0 Å². The van der Waals surface area contributed by atoms with Crippen LogP contribution >= 0.6 is 0 Å². The highest BCUT2D eigenvalue weighted by Gasteiger charge is 2.21. The minimum atomic E-state index is -2.87. The average Bonchev–Trinajstić information content (AvgIpc) is 2.02. The molecule has 1 aliphatic rings. The summed E-state index contributed by atoms with van der Waals surface area (Å²) in [5.74, 6) is 3.59. The zero-order chi connectivity index (χ0) is 9.90. The first kappa shape index (κ1) is 10.1. The van der Waals surface area contributed by atoms with Crippen LogP contribution in [0, 0.1) is 17.8 Å². The molecular weight excluding hydrogens is 192 g/mol. The largest absolute Gasteiger partial charge is 0.472 e. The normalized spacial score (nSPS) is 21.5. The van der Waals surface area contributed by atoms with Crippen LogP contribution in [0.4, 0.5) is 0 Å². The maximum atomic E-state index is 11.0. The summed E-state index contributed by atoms with van der Waals surface area (Å²) in [7, 11) is -2.87. The van der Waals surface area contributed by atoms with Crippen LogP contribution in [0.15, 0.2) is 0 Å². The number of sulfone groups is 1. The Morgan fingerprint density at radius 2 is 1.85 bits per heavy atom. The van der Waals surface area contributed by atoms with Gasteiger partial charge in [-0.2, -0.15) is 0 Å². The highest BCUT2D eigenvalue weighted by atomic mass is 32.2. The number of rotatable bonds is 0. The molecule has 0 aromatic heterocycles. The van der Waals surface area contributed by atoms with Crippen LogP contribution in [0.3, 0.4) is 0 Å². The van der Waals surface area contributed by atoms with E-state index in [1.54, 1.807) is 0 Å². The summed E-state index contributed by atoms with van der Waals surface area (Å²) in [6.45, 7) is 0. The fraction of sp³-hybridized carbons (Fsp3) is 0.625. The molecule has 72 valence electrons. The lowest BCUT2D eigenvalue weighted by Gasteiger charge is -2.16. The van der Waals surface area contributed by atoms with Crippen LogP contribution in [-0.2, 0) is 14.6 Å². The molecule has 1 saturated heterocycles. The summed E-state index contributed by atoms with van der Waals surface area (Å²) in [6.07, 6.45) is 0.922. The van der Waals surface area contributed by atoms with Crippen molar-refractivity contribution in [3.63, 3.8) is 0 Å². The van der Waals surface area contributed by atoms with E-state index in [9.17, 15) is 13.2 Å². The Hall–Kier alpha value is -1.02. The van der Waals surface area contributed by atoms with Crippen molar-refractivity contribution in [2.75, 3.05) is 11.5 Å². The second kappa shape index (κ2) is 3.79. The average molecular weight is 202 g/mol. The molecule has 1 heterocycles. The summed E-state index contributed by atoms with van der Waals surface area (Å²) in [4.78, 5) is 10.1. The van der Waals surface area contributed by atoms with Gasteiger partial charge in [0.25, 0.3) is 0 Å². The van der Waals surface area contributed by atoms with Gasteiger partial charge in [-0.25, -0.2) is 13.2 Å². The monoisotopic (exact) mass is 202 g/mol. The molecule has 1 fully saturated rings. The van der Waals surface area contributed by atoms with Crippen LogP contribution in [0.5, 0.6) is 0 Å². The van der Waals surface area contributed by atoms with Gasteiger partial charge in [0.1, 0.15) is 9.84 Å². The molecule has 13 heavy (non-hydrogen) atoms. The molecule has 1 N–H and O–H groups in total. The standard InChI is InChI=1S/C8H10O4S/c9-8(10)2-1-7-3-5-13(11,12)6-4-7/h7H,3-6H2,(H,9,10). The van der Waals surface area contributed by atoms with Crippen molar-refractivity contribution in [2.24, 2.45) is 5.92 Å². The topological polar surface area (TPSA) is 71.4 Å². The third-order valence-electron chi connectivity index (χ3n) is 1.94. The number of carboxylic acid groups (broad SMARTS) is 1. The maximum absolute atomic E-state index is 11.0. The highest BCUT2D eigenvalue weighted by molar-refractivity contribution is 7.91. The quantitative estimate of drug-likeness (QED) is 0.557. The number of carboxylic acids is 1. The summed E-state index contributed by atoms with van der Waals surface area (Å²) in [5.41, 5.74) is 0. The first-order valence-corrected chi connectivity index (χ1v) is 5.76. The molecule has 0 aromatic carbocycles. The van der Waals surface area contributed by atoms with E-state index in [-0.39, 0.29) is 17.4 Å². The van der Waals surface area contributed by atoms with E-state index in [1.807, 2.05) is 5.92 Å². The van der Waals surface area contributed by atoms with E-state index in [2.05, 4.69) is 5.92 Å². The van der Waals surface area contributed by atoms with Crippen molar-refractivity contribution in [2.45, 2.75) is 12.8 Å². The van der Waals surface area contributed by atoms with E-state index in [0.717, 1.165) is 0 Å². The predicted molar refractivity (Wildman–Crippen MR) is 46.8 cm³/mol. The van der Waals surface area contributed by atoms with E-state index in [4.69, 9.17) is 5.11 Å². The molecule has 0 bridgehead atoms. The second-order valence-electron chi connectivity index (χ2n) is 3.00. The molecule has 1 rings (SSSR count). The molecule has 5 heteroatoms. The molecule has 0 aromatic rings. The van der Waals surface area contributed by atoms with E-state index >= 15 is 0 Å². The lowest BCUT2D eigenvalue weighted by molar-refractivity contribution is -0.130. The van der Waals surface area contributed by atoms with Crippen molar-refractivity contribution in [1.29, 1.82) is 0 Å². The van der Waals surface area contributed by atoms with Gasteiger partial charge in [-0.3, -0.25) is 0 Å². The van der Waals surface area contributed by atoms with Gasteiger partial charge in [-0.15, -0.1) is 0 Å². The molecule has 0 unspecified atom stereocenters. The Morgan fingerprint density at radius 3 is 2.31 bits per heavy atom. The summed E-state index contributed by atoms with van der Waals surface area (Å²) < 4.78 is 21.9. The number of carbonyl (C=O) groups is 1. The molecule has 4 nitrogen and oxygen atoms in total. The van der Waals surface area contributed by atoms with Gasteiger partial charge in [-0.05, 0) is 12.8 Å². The first-order valence-electron chi connectivity index (χ1n) is 3.94. The third-order valence-corrected chi connectivity index (χ3v) is 3.65. The highest BCUT2D eigenvalue weighted by Crippen LogP contribution is 2.17. The van der Waals surface area contributed by atoms with Crippen molar-refractivity contribution in [3.05, 3.63) is 0 Å². The smallest absolute Gasteiger partial charge is 0.381 e. The fourth-order valence-electron chi connectivity index (χ4n) is 1.20. The van der Waals surface area contributed by atoms with E-state index < -0.39 is 15.8 Å². The predicted octanol–water partition coefficient (Wildman–Crippen LogP) is -0.101. The Morgan fingerprint density at radius 1 is 1.31 bits per heavy atom. The van der Waals surface area contributed by atoms with Crippen molar-refractivity contribution in [1.82, 2.24) is 0 Å². The van der Waals surface area contributed by atoms with Gasteiger partial charge >= 0.3 is 5.97 Å². The number of hydrogen-bond donors (Lipinski definition) is 1. The van der Waals surface area contributed by atoms with Crippen LogP contribution in [0.25, 0.3) is 0 Å². The van der Waals surface area contributed by atoms with Crippen molar-refractivity contribution >= 4 is 15.8 Å². The maximum Gasteiger partial charge on any atom is 0.381 e. The zero-order valence-corrected chi connectivity index (χ0v) is 7.80. The van der Waals surface area contributed by atoms with Gasteiger partial charge in [-0.1, -0.05) is 5.92 Å². The van der Waals surface area contributed by atoms with E-state index in [0.29, 0.717) is 12.8 Å². The summed E-state index contributed by atoms with van der Waals surface area (Å²) in [5, 5.41) is 8.25.